The summed E-state index contributed by atoms with van der Waals surface area (Å²) in [4.78, 5) is 23.8. The molecule has 0 aliphatic carbocycles. The van der Waals surface area contributed by atoms with Gasteiger partial charge in [-0.15, -0.1) is 0 Å². The Kier molecular flexibility index (Phi) is 8.44. The fourth-order valence-electron chi connectivity index (χ4n) is 1.64. The molecule has 0 bridgehead atoms. The Balaban J connectivity index is 4.40. The monoisotopic (exact) mass is 271 g/mol. The second kappa shape index (κ2) is 8.94. The van der Waals surface area contributed by atoms with E-state index in [0.29, 0.717) is 12.5 Å². The molecule has 0 rings (SSSR count). The molecule has 0 saturated heterocycles. The SMILES string of the molecule is CCC(C)C(NC(=O)OCCC(C)C)C(=O)C(C)C. The molecule has 1 amide bonds. The lowest BCUT2D eigenvalue weighted by molar-refractivity contribution is -0.125. The van der Waals surface area contributed by atoms with E-state index in [-0.39, 0.29) is 17.6 Å². The van der Waals surface area contributed by atoms with Gasteiger partial charge in [-0.3, -0.25) is 4.79 Å². The third-order valence-electron chi connectivity index (χ3n) is 3.29. The van der Waals surface area contributed by atoms with Gasteiger partial charge in [-0.05, 0) is 18.3 Å². The van der Waals surface area contributed by atoms with E-state index in [1.54, 1.807) is 0 Å². The smallest absolute Gasteiger partial charge is 0.407 e. The normalized spacial score (nSPS) is 14.3. The quantitative estimate of drug-likeness (QED) is 0.736. The average molecular weight is 271 g/mol. The van der Waals surface area contributed by atoms with Crippen LogP contribution in [0.15, 0.2) is 0 Å². The molecule has 4 heteroatoms. The molecule has 0 aromatic heterocycles. The van der Waals surface area contributed by atoms with Crippen LogP contribution in [-0.4, -0.2) is 24.5 Å². The summed E-state index contributed by atoms with van der Waals surface area (Å²) in [5.41, 5.74) is 0. The van der Waals surface area contributed by atoms with E-state index in [0.717, 1.165) is 12.8 Å². The molecule has 19 heavy (non-hydrogen) atoms. The van der Waals surface area contributed by atoms with Gasteiger partial charge in [-0.2, -0.15) is 0 Å². The Hall–Kier alpha value is -1.06. The van der Waals surface area contributed by atoms with Crippen LogP contribution < -0.4 is 5.32 Å². The van der Waals surface area contributed by atoms with Crippen molar-refractivity contribution in [2.75, 3.05) is 6.61 Å². The number of nitrogens with one attached hydrogen (secondary N) is 1. The summed E-state index contributed by atoms with van der Waals surface area (Å²) in [6, 6.07) is -0.448. The fraction of sp³-hybridized carbons (Fsp3) is 0.867. The van der Waals surface area contributed by atoms with E-state index in [4.69, 9.17) is 4.74 Å². The molecule has 4 nitrogen and oxygen atoms in total. The predicted octanol–water partition coefficient (Wildman–Crippen LogP) is 3.40. The first-order valence-corrected chi connectivity index (χ1v) is 7.26. The highest BCUT2D eigenvalue weighted by atomic mass is 16.5. The van der Waals surface area contributed by atoms with Gasteiger partial charge in [-0.25, -0.2) is 4.79 Å². The molecule has 0 spiro atoms. The maximum Gasteiger partial charge on any atom is 0.407 e. The lowest BCUT2D eigenvalue weighted by Crippen LogP contribution is -2.47. The van der Waals surface area contributed by atoms with E-state index in [9.17, 15) is 9.59 Å². The minimum absolute atomic E-state index is 0.0650. The van der Waals surface area contributed by atoms with Crippen molar-refractivity contribution in [1.82, 2.24) is 5.32 Å². The molecule has 0 aliphatic heterocycles. The van der Waals surface area contributed by atoms with Crippen LogP contribution in [0.25, 0.3) is 0 Å². The lowest BCUT2D eigenvalue weighted by atomic mass is 9.90. The number of amides is 1. The van der Waals surface area contributed by atoms with Crippen LogP contribution in [0.1, 0.15) is 54.4 Å². The summed E-state index contributed by atoms with van der Waals surface area (Å²) < 4.78 is 5.11. The topological polar surface area (TPSA) is 55.4 Å². The van der Waals surface area contributed by atoms with Crippen LogP contribution in [0.3, 0.4) is 0 Å². The first-order valence-electron chi connectivity index (χ1n) is 7.26. The largest absolute Gasteiger partial charge is 0.450 e. The van der Waals surface area contributed by atoms with Crippen molar-refractivity contribution in [2.45, 2.75) is 60.4 Å². The highest BCUT2D eigenvalue weighted by molar-refractivity contribution is 5.89. The van der Waals surface area contributed by atoms with Crippen molar-refractivity contribution < 1.29 is 14.3 Å². The van der Waals surface area contributed by atoms with Crippen molar-refractivity contribution in [3.05, 3.63) is 0 Å². The zero-order chi connectivity index (χ0) is 15.0. The number of ether oxygens (including phenoxy) is 1. The second-order valence-corrected chi connectivity index (χ2v) is 5.88. The van der Waals surface area contributed by atoms with Gasteiger partial charge in [-0.1, -0.05) is 48.0 Å². The minimum atomic E-state index is -0.486. The molecule has 0 heterocycles. The summed E-state index contributed by atoms with van der Waals surface area (Å²) in [5.74, 6) is 0.591. The summed E-state index contributed by atoms with van der Waals surface area (Å²) in [5, 5.41) is 2.71. The van der Waals surface area contributed by atoms with Crippen LogP contribution in [0.5, 0.6) is 0 Å². The summed E-state index contributed by atoms with van der Waals surface area (Å²) >= 11 is 0. The number of alkyl carbamates (subject to hydrolysis) is 1. The van der Waals surface area contributed by atoms with Crippen molar-refractivity contribution >= 4 is 11.9 Å². The Morgan fingerprint density at radius 3 is 2.11 bits per heavy atom. The standard InChI is InChI=1S/C15H29NO3/c1-7-12(6)13(14(17)11(4)5)16-15(18)19-9-8-10(2)3/h10-13H,7-9H2,1-6H3,(H,16,18). The van der Waals surface area contributed by atoms with E-state index >= 15 is 0 Å². The maximum absolute atomic E-state index is 12.1. The van der Waals surface area contributed by atoms with E-state index in [1.807, 2.05) is 27.7 Å². The van der Waals surface area contributed by atoms with Gasteiger partial charge >= 0.3 is 6.09 Å². The maximum atomic E-state index is 12.1. The first kappa shape index (κ1) is 17.9. The summed E-state index contributed by atoms with van der Waals surface area (Å²) in [6.45, 7) is 12.2. The van der Waals surface area contributed by atoms with Gasteiger partial charge in [0.05, 0.1) is 12.6 Å². The number of rotatable bonds is 8. The molecule has 2 unspecified atom stereocenters. The Bertz CT molecular complexity index is 287. The number of hydrogen-bond donors (Lipinski definition) is 1. The third kappa shape index (κ3) is 7.19. The van der Waals surface area contributed by atoms with Gasteiger partial charge in [0.15, 0.2) is 5.78 Å². The number of Topliss-reactive ketones (excluding diaryl/α,β-unsaturated/α-hetero) is 1. The van der Waals surface area contributed by atoms with E-state index in [2.05, 4.69) is 19.2 Å². The van der Waals surface area contributed by atoms with Crippen molar-refractivity contribution in [3.63, 3.8) is 0 Å². The molecular weight excluding hydrogens is 242 g/mol. The molecule has 0 saturated carbocycles. The lowest BCUT2D eigenvalue weighted by Gasteiger charge is -2.24. The molecule has 112 valence electrons. The number of hydrogen-bond acceptors (Lipinski definition) is 3. The molecule has 0 fully saturated rings. The van der Waals surface area contributed by atoms with Crippen LogP contribution in [0.2, 0.25) is 0 Å². The summed E-state index contributed by atoms with van der Waals surface area (Å²) in [7, 11) is 0. The van der Waals surface area contributed by atoms with E-state index in [1.165, 1.54) is 0 Å². The van der Waals surface area contributed by atoms with Gasteiger partial charge in [0, 0.05) is 5.92 Å². The van der Waals surface area contributed by atoms with Crippen LogP contribution in [0, 0.1) is 17.8 Å². The third-order valence-corrected chi connectivity index (χ3v) is 3.29. The average Bonchev–Trinajstić information content (AvgIpc) is 2.33. The molecule has 0 radical (unpaired) electrons. The highest BCUT2D eigenvalue weighted by Gasteiger charge is 2.27. The van der Waals surface area contributed by atoms with E-state index < -0.39 is 12.1 Å². The van der Waals surface area contributed by atoms with Gasteiger partial charge in [0.2, 0.25) is 0 Å². The zero-order valence-corrected chi connectivity index (χ0v) is 13.2. The Morgan fingerprint density at radius 2 is 1.68 bits per heavy atom. The molecule has 1 N–H and O–H groups in total. The fourth-order valence-corrected chi connectivity index (χ4v) is 1.64. The molecule has 2 atom stereocenters. The van der Waals surface area contributed by atoms with Crippen molar-refractivity contribution in [3.8, 4) is 0 Å². The highest BCUT2D eigenvalue weighted by Crippen LogP contribution is 2.13. The minimum Gasteiger partial charge on any atom is -0.450 e. The van der Waals surface area contributed by atoms with Gasteiger partial charge in [0.25, 0.3) is 0 Å². The number of carbonyl (C=O) groups is 2. The molecule has 0 aromatic carbocycles. The van der Waals surface area contributed by atoms with Crippen LogP contribution >= 0.6 is 0 Å². The summed E-state index contributed by atoms with van der Waals surface area (Å²) in [6.07, 6.45) is 1.19. The Labute approximate surface area is 117 Å². The van der Waals surface area contributed by atoms with Crippen molar-refractivity contribution in [2.24, 2.45) is 17.8 Å². The van der Waals surface area contributed by atoms with Crippen LogP contribution in [-0.2, 0) is 9.53 Å². The Morgan fingerprint density at radius 1 is 1.11 bits per heavy atom. The van der Waals surface area contributed by atoms with Gasteiger partial charge < -0.3 is 10.1 Å². The predicted molar refractivity (Wildman–Crippen MR) is 77.0 cm³/mol. The molecular formula is C15H29NO3. The zero-order valence-electron chi connectivity index (χ0n) is 13.2. The van der Waals surface area contributed by atoms with Crippen molar-refractivity contribution in [1.29, 1.82) is 0 Å². The number of ketones is 1. The second-order valence-electron chi connectivity index (χ2n) is 5.88. The molecule has 0 aliphatic rings. The van der Waals surface area contributed by atoms with Crippen LogP contribution in [0.4, 0.5) is 4.79 Å². The van der Waals surface area contributed by atoms with Gasteiger partial charge in [0.1, 0.15) is 0 Å². The molecule has 0 aromatic rings. The first-order chi connectivity index (χ1) is 8.79. The number of carbonyl (C=O) groups excluding carboxylic acids is 2.